The van der Waals surface area contributed by atoms with Gasteiger partial charge in [0.05, 0.1) is 30.7 Å². The Morgan fingerprint density at radius 1 is 1.18 bits per heavy atom. The molecule has 4 heteroatoms. The van der Waals surface area contributed by atoms with Crippen LogP contribution >= 0.6 is 11.6 Å². The highest BCUT2D eigenvalue weighted by molar-refractivity contribution is 6.32. The van der Waals surface area contributed by atoms with Crippen molar-refractivity contribution in [2.24, 2.45) is 0 Å². The summed E-state index contributed by atoms with van der Waals surface area (Å²) in [4.78, 5) is 0. The van der Waals surface area contributed by atoms with Gasteiger partial charge in [0, 0.05) is 0 Å². The van der Waals surface area contributed by atoms with Crippen LogP contribution in [-0.2, 0) is 0 Å². The SMILES string of the molecule is COc1cccc(C(C#N)CCCOc2ccccc2Cl)c1. The number of nitriles is 1. The third-order valence-corrected chi connectivity index (χ3v) is 3.70. The molecule has 3 nitrogen and oxygen atoms in total. The minimum Gasteiger partial charge on any atom is -0.497 e. The van der Waals surface area contributed by atoms with Crippen LogP contribution in [-0.4, -0.2) is 13.7 Å². The molecule has 0 bridgehead atoms. The lowest BCUT2D eigenvalue weighted by Crippen LogP contribution is -2.02. The molecule has 0 aliphatic carbocycles. The lowest BCUT2D eigenvalue weighted by atomic mass is 9.96. The molecular weight excluding hydrogens is 298 g/mol. The Morgan fingerprint density at radius 3 is 2.73 bits per heavy atom. The average Bonchev–Trinajstić information content (AvgIpc) is 2.56. The van der Waals surface area contributed by atoms with Crippen LogP contribution in [0.5, 0.6) is 11.5 Å². The molecule has 2 aromatic carbocycles. The van der Waals surface area contributed by atoms with Crippen LogP contribution in [0.1, 0.15) is 24.3 Å². The fraction of sp³-hybridized carbons (Fsp3) is 0.278. The summed E-state index contributed by atoms with van der Waals surface area (Å²) in [5.41, 5.74) is 0.972. The molecule has 0 amide bonds. The van der Waals surface area contributed by atoms with E-state index in [0.29, 0.717) is 17.4 Å². The van der Waals surface area contributed by atoms with E-state index in [-0.39, 0.29) is 5.92 Å². The van der Waals surface area contributed by atoms with Crippen LogP contribution in [0.15, 0.2) is 48.5 Å². The maximum atomic E-state index is 9.35. The molecule has 114 valence electrons. The predicted molar refractivity (Wildman–Crippen MR) is 87.5 cm³/mol. The molecule has 0 fully saturated rings. The monoisotopic (exact) mass is 315 g/mol. The van der Waals surface area contributed by atoms with Gasteiger partial charge in [0.1, 0.15) is 11.5 Å². The van der Waals surface area contributed by atoms with Gasteiger partial charge in [0.2, 0.25) is 0 Å². The Hall–Kier alpha value is -2.18. The smallest absolute Gasteiger partial charge is 0.137 e. The van der Waals surface area contributed by atoms with Gasteiger partial charge in [-0.15, -0.1) is 0 Å². The number of rotatable bonds is 7. The number of benzene rings is 2. The molecule has 2 rings (SSSR count). The van der Waals surface area contributed by atoms with E-state index in [1.807, 2.05) is 42.5 Å². The van der Waals surface area contributed by atoms with E-state index in [2.05, 4.69) is 6.07 Å². The molecule has 0 aliphatic heterocycles. The summed E-state index contributed by atoms with van der Waals surface area (Å²) < 4.78 is 10.8. The summed E-state index contributed by atoms with van der Waals surface area (Å²) >= 11 is 6.03. The fourth-order valence-corrected chi connectivity index (χ4v) is 2.39. The van der Waals surface area contributed by atoms with E-state index >= 15 is 0 Å². The Bertz CT molecular complexity index is 652. The number of para-hydroxylation sites is 1. The van der Waals surface area contributed by atoms with Gasteiger partial charge in [-0.05, 0) is 42.7 Å². The second kappa shape index (κ2) is 8.31. The highest BCUT2D eigenvalue weighted by Crippen LogP contribution is 2.26. The van der Waals surface area contributed by atoms with E-state index in [1.54, 1.807) is 13.2 Å². The van der Waals surface area contributed by atoms with E-state index in [0.717, 1.165) is 24.2 Å². The maximum Gasteiger partial charge on any atom is 0.137 e. The Balaban J connectivity index is 1.86. The summed E-state index contributed by atoms with van der Waals surface area (Å²) in [7, 11) is 1.62. The molecule has 1 unspecified atom stereocenters. The zero-order valence-corrected chi connectivity index (χ0v) is 13.2. The van der Waals surface area contributed by atoms with Gasteiger partial charge >= 0.3 is 0 Å². The topological polar surface area (TPSA) is 42.2 Å². The molecular formula is C18H18ClNO2. The third-order valence-electron chi connectivity index (χ3n) is 3.38. The molecule has 0 aliphatic rings. The lowest BCUT2D eigenvalue weighted by Gasteiger charge is -2.12. The van der Waals surface area contributed by atoms with Crippen molar-refractivity contribution in [3.05, 3.63) is 59.1 Å². The molecule has 0 saturated heterocycles. The number of nitrogens with zero attached hydrogens (tertiary/aromatic N) is 1. The van der Waals surface area contributed by atoms with Gasteiger partial charge < -0.3 is 9.47 Å². The van der Waals surface area contributed by atoms with Gasteiger partial charge in [0.25, 0.3) is 0 Å². The minimum atomic E-state index is -0.162. The van der Waals surface area contributed by atoms with Gasteiger partial charge in [-0.2, -0.15) is 5.26 Å². The first kappa shape index (κ1) is 16.2. The summed E-state index contributed by atoms with van der Waals surface area (Å²) in [6.07, 6.45) is 1.51. The molecule has 0 aromatic heterocycles. The quantitative estimate of drug-likeness (QED) is 0.688. The van der Waals surface area contributed by atoms with Crippen molar-refractivity contribution >= 4 is 11.6 Å². The molecule has 0 radical (unpaired) electrons. The van der Waals surface area contributed by atoms with Crippen LogP contribution in [0, 0.1) is 11.3 Å². The molecule has 0 spiro atoms. The van der Waals surface area contributed by atoms with Crippen LogP contribution < -0.4 is 9.47 Å². The Labute approximate surface area is 136 Å². The van der Waals surface area contributed by atoms with Crippen molar-refractivity contribution in [3.63, 3.8) is 0 Å². The first-order valence-corrected chi connectivity index (χ1v) is 7.53. The van der Waals surface area contributed by atoms with Crippen LogP contribution in [0.3, 0.4) is 0 Å². The van der Waals surface area contributed by atoms with Crippen LogP contribution in [0.4, 0.5) is 0 Å². The maximum absolute atomic E-state index is 9.35. The van der Waals surface area contributed by atoms with Crippen LogP contribution in [0.25, 0.3) is 0 Å². The highest BCUT2D eigenvalue weighted by atomic mass is 35.5. The molecule has 22 heavy (non-hydrogen) atoms. The second-order valence-electron chi connectivity index (χ2n) is 4.88. The number of ether oxygens (including phenoxy) is 2. The number of methoxy groups -OCH3 is 1. The zero-order chi connectivity index (χ0) is 15.8. The van der Waals surface area contributed by atoms with Gasteiger partial charge in [-0.25, -0.2) is 0 Å². The summed E-state index contributed by atoms with van der Waals surface area (Å²) in [5, 5.41) is 9.95. The van der Waals surface area contributed by atoms with Crippen LogP contribution in [0.2, 0.25) is 5.02 Å². The number of hydrogen-bond acceptors (Lipinski definition) is 3. The first-order chi connectivity index (χ1) is 10.7. The zero-order valence-electron chi connectivity index (χ0n) is 12.5. The van der Waals surface area contributed by atoms with Crippen molar-refractivity contribution in [1.29, 1.82) is 5.26 Å². The van der Waals surface area contributed by atoms with Gasteiger partial charge in [-0.3, -0.25) is 0 Å². The molecule has 2 aromatic rings. The number of halogens is 1. The first-order valence-electron chi connectivity index (χ1n) is 7.15. The third kappa shape index (κ3) is 4.41. The largest absolute Gasteiger partial charge is 0.497 e. The van der Waals surface area contributed by atoms with E-state index < -0.39 is 0 Å². The van der Waals surface area contributed by atoms with Crippen molar-refractivity contribution < 1.29 is 9.47 Å². The Morgan fingerprint density at radius 2 is 2.00 bits per heavy atom. The van der Waals surface area contributed by atoms with E-state index in [9.17, 15) is 5.26 Å². The van der Waals surface area contributed by atoms with E-state index in [1.165, 1.54) is 0 Å². The van der Waals surface area contributed by atoms with Crippen molar-refractivity contribution in [1.82, 2.24) is 0 Å². The average molecular weight is 316 g/mol. The predicted octanol–water partition coefficient (Wildman–Crippen LogP) is 4.81. The van der Waals surface area contributed by atoms with Crippen molar-refractivity contribution in [2.75, 3.05) is 13.7 Å². The van der Waals surface area contributed by atoms with Gasteiger partial charge in [-0.1, -0.05) is 35.9 Å². The molecule has 0 N–H and O–H groups in total. The standard InChI is InChI=1S/C18H18ClNO2/c1-21-16-8-4-6-14(12-16)15(13-20)7-5-11-22-18-10-3-2-9-17(18)19/h2-4,6,8-10,12,15H,5,7,11H2,1H3. The summed E-state index contributed by atoms with van der Waals surface area (Å²) in [6.45, 7) is 0.534. The van der Waals surface area contributed by atoms with Gasteiger partial charge in [0.15, 0.2) is 0 Å². The summed E-state index contributed by atoms with van der Waals surface area (Å²) in [6, 6.07) is 17.4. The second-order valence-corrected chi connectivity index (χ2v) is 5.29. The van der Waals surface area contributed by atoms with Crippen molar-refractivity contribution in [3.8, 4) is 17.6 Å². The number of hydrogen-bond donors (Lipinski definition) is 0. The highest BCUT2D eigenvalue weighted by Gasteiger charge is 2.11. The molecule has 1 atom stereocenters. The fourth-order valence-electron chi connectivity index (χ4n) is 2.20. The normalized spacial score (nSPS) is 11.5. The molecule has 0 heterocycles. The summed E-state index contributed by atoms with van der Waals surface area (Å²) in [5.74, 6) is 1.29. The van der Waals surface area contributed by atoms with E-state index in [4.69, 9.17) is 21.1 Å². The van der Waals surface area contributed by atoms with Crippen molar-refractivity contribution in [2.45, 2.75) is 18.8 Å². The minimum absolute atomic E-state index is 0.162. The Kier molecular flexibility index (Phi) is 6.12. The molecule has 0 saturated carbocycles. The lowest BCUT2D eigenvalue weighted by molar-refractivity contribution is 0.305.